The molecule has 7 heteroatoms. The van der Waals surface area contributed by atoms with Crippen LogP contribution in [0.4, 0.5) is 17.8 Å². The zero-order chi connectivity index (χ0) is 14.1. The van der Waals surface area contributed by atoms with E-state index in [1.54, 1.807) is 0 Å². The molecule has 0 aromatic carbocycles. The molecule has 0 fully saturated rings. The fraction of sp³-hybridized carbons (Fsp3) is 0.750. The van der Waals surface area contributed by atoms with Gasteiger partial charge in [-0.2, -0.15) is 15.0 Å². The number of rotatable bonds is 9. The van der Waals surface area contributed by atoms with Crippen LogP contribution in [0.25, 0.3) is 0 Å². The maximum absolute atomic E-state index is 5.28. The summed E-state index contributed by atoms with van der Waals surface area (Å²) in [6, 6.07) is 0. The van der Waals surface area contributed by atoms with E-state index in [4.69, 9.17) is 4.74 Å². The molecule has 7 nitrogen and oxygen atoms in total. The highest BCUT2D eigenvalue weighted by Crippen LogP contribution is 2.11. The second kappa shape index (κ2) is 8.47. The average molecular weight is 268 g/mol. The Morgan fingerprint density at radius 1 is 1.05 bits per heavy atom. The van der Waals surface area contributed by atoms with E-state index in [1.165, 1.54) is 0 Å². The second-order valence-corrected chi connectivity index (χ2v) is 4.18. The van der Waals surface area contributed by atoms with Gasteiger partial charge in [-0.25, -0.2) is 0 Å². The van der Waals surface area contributed by atoms with Crippen molar-refractivity contribution in [2.75, 3.05) is 55.9 Å². The normalized spacial score (nSPS) is 10.3. The molecule has 1 aromatic heterocycles. The average Bonchev–Trinajstić information content (AvgIpc) is 2.38. The van der Waals surface area contributed by atoms with Crippen LogP contribution in [0.15, 0.2) is 0 Å². The first-order valence-corrected chi connectivity index (χ1v) is 6.66. The Morgan fingerprint density at radius 2 is 1.74 bits per heavy atom. The summed E-state index contributed by atoms with van der Waals surface area (Å²) in [7, 11) is 3.81. The van der Waals surface area contributed by atoms with Gasteiger partial charge in [-0.05, 0) is 20.3 Å². The molecule has 0 saturated heterocycles. The summed E-state index contributed by atoms with van der Waals surface area (Å²) in [5.74, 6) is 1.82. The second-order valence-electron chi connectivity index (χ2n) is 4.18. The first-order valence-electron chi connectivity index (χ1n) is 6.66. The van der Waals surface area contributed by atoms with Crippen molar-refractivity contribution < 1.29 is 4.74 Å². The lowest BCUT2D eigenvalue weighted by Crippen LogP contribution is -2.17. The molecule has 0 spiro atoms. The highest BCUT2D eigenvalue weighted by molar-refractivity contribution is 5.42. The molecule has 0 amide bonds. The van der Waals surface area contributed by atoms with Crippen molar-refractivity contribution in [3.05, 3.63) is 0 Å². The number of hydrogen-bond acceptors (Lipinski definition) is 7. The first kappa shape index (κ1) is 15.4. The van der Waals surface area contributed by atoms with Gasteiger partial charge < -0.3 is 20.3 Å². The maximum Gasteiger partial charge on any atom is 0.231 e. The fourth-order valence-corrected chi connectivity index (χ4v) is 1.40. The van der Waals surface area contributed by atoms with Crippen LogP contribution in [-0.2, 0) is 4.74 Å². The molecule has 1 heterocycles. The minimum Gasteiger partial charge on any atom is -0.382 e. The molecule has 108 valence electrons. The van der Waals surface area contributed by atoms with E-state index < -0.39 is 0 Å². The molecule has 0 aliphatic carbocycles. The van der Waals surface area contributed by atoms with Crippen LogP contribution in [0.5, 0.6) is 0 Å². The van der Waals surface area contributed by atoms with E-state index in [2.05, 4.69) is 25.6 Å². The monoisotopic (exact) mass is 268 g/mol. The van der Waals surface area contributed by atoms with Gasteiger partial charge in [0.25, 0.3) is 0 Å². The highest BCUT2D eigenvalue weighted by Gasteiger charge is 2.06. The van der Waals surface area contributed by atoms with E-state index in [9.17, 15) is 0 Å². The minimum atomic E-state index is 0.589. The summed E-state index contributed by atoms with van der Waals surface area (Å²) in [5, 5.41) is 6.29. The molecule has 1 rings (SSSR count). The van der Waals surface area contributed by atoms with Gasteiger partial charge in [0.2, 0.25) is 17.8 Å². The molecule has 0 bridgehead atoms. The Bertz CT molecular complexity index is 371. The van der Waals surface area contributed by atoms with Gasteiger partial charge in [-0.3, -0.25) is 0 Å². The summed E-state index contributed by atoms with van der Waals surface area (Å²) in [6.45, 7) is 7.05. The molecule has 0 saturated carbocycles. The number of aromatic nitrogens is 3. The minimum absolute atomic E-state index is 0.589. The largest absolute Gasteiger partial charge is 0.382 e. The quantitative estimate of drug-likeness (QED) is 0.652. The Kier molecular flexibility index (Phi) is 6.88. The SMILES string of the molecule is CCNc1nc(NCCCOCC)nc(N(C)C)n1. The van der Waals surface area contributed by atoms with Crippen molar-refractivity contribution in [1.29, 1.82) is 0 Å². The predicted molar refractivity (Wildman–Crippen MR) is 77.9 cm³/mol. The molecule has 1 aromatic rings. The van der Waals surface area contributed by atoms with Gasteiger partial charge in [0.05, 0.1) is 0 Å². The molecular formula is C12H24N6O. The van der Waals surface area contributed by atoms with Gasteiger partial charge in [-0.15, -0.1) is 0 Å². The van der Waals surface area contributed by atoms with Crippen LogP contribution < -0.4 is 15.5 Å². The van der Waals surface area contributed by atoms with Crippen molar-refractivity contribution in [3.63, 3.8) is 0 Å². The Morgan fingerprint density at radius 3 is 2.32 bits per heavy atom. The van der Waals surface area contributed by atoms with Gasteiger partial charge in [0.1, 0.15) is 0 Å². The number of ether oxygens (including phenoxy) is 1. The first-order chi connectivity index (χ1) is 9.17. The predicted octanol–water partition coefficient (Wildman–Crippen LogP) is 1.21. The van der Waals surface area contributed by atoms with Crippen LogP contribution in [0, 0.1) is 0 Å². The van der Waals surface area contributed by atoms with Crippen LogP contribution in [-0.4, -0.2) is 55.4 Å². The summed E-state index contributed by atoms with van der Waals surface area (Å²) in [5.41, 5.74) is 0. The summed E-state index contributed by atoms with van der Waals surface area (Å²) < 4.78 is 5.28. The van der Waals surface area contributed by atoms with Crippen molar-refractivity contribution in [3.8, 4) is 0 Å². The summed E-state index contributed by atoms with van der Waals surface area (Å²) >= 11 is 0. The van der Waals surface area contributed by atoms with E-state index in [0.717, 1.165) is 32.7 Å². The Balaban J connectivity index is 2.60. The number of nitrogens with one attached hydrogen (secondary N) is 2. The van der Waals surface area contributed by atoms with E-state index >= 15 is 0 Å². The van der Waals surface area contributed by atoms with Crippen LogP contribution >= 0.6 is 0 Å². The van der Waals surface area contributed by atoms with Crippen LogP contribution in [0.1, 0.15) is 20.3 Å². The standard InChI is InChI=1S/C12H24N6O/c1-5-13-10-15-11(14-8-7-9-19-6-2)17-12(16-10)18(3)4/h5-9H2,1-4H3,(H2,13,14,15,16,17). The molecule has 0 aliphatic rings. The molecule has 0 aliphatic heterocycles. The third-order valence-electron chi connectivity index (χ3n) is 2.31. The third-order valence-corrected chi connectivity index (χ3v) is 2.31. The zero-order valence-corrected chi connectivity index (χ0v) is 12.2. The number of nitrogens with zero attached hydrogens (tertiary/aromatic N) is 4. The smallest absolute Gasteiger partial charge is 0.231 e. The zero-order valence-electron chi connectivity index (χ0n) is 12.2. The van der Waals surface area contributed by atoms with Crippen molar-refractivity contribution >= 4 is 17.8 Å². The Labute approximate surface area is 114 Å². The topological polar surface area (TPSA) is 75.2 Å². The van der Waals surface area contributed by atoms with E-state index in [-0.39, 0.29) is 0 Å². The maximum atomic E-state index is 5.28. The molecule has 0 atom stereocenters. The molecular weight excluding hydrogens is 244 g/mol. The van der Waals surface area contributed by atoms with Gasteiger partial charge in [0, 0.05) is 40.4 Å². The van der Waals surface area contributed by atoms with Crippen molar-refractivity contribution in [2.24, 2.45) is 0 Å². The van der Waals surface area contributed by atoms with Crippen molar-refractivity contribution in [2.45, 2.75) is 20.3 Å². The lowest BCUT2D eigenvalue weighted by Gasteiger charge is -2.13. The molecule has 0 radical (unpaired) electrons. The van der Waals surface area contributed by atoms with Gasteiger partial charge >= 0.3 is 0 Å². The molecule has 2 N–H and O–H groups in total. The summed E-state index contributed by atoms with van der Waals surface area (Å²) in [4.78, 5) is 14.8. The van der Waals surface area contributed by atoms with Crippen molar-refractivity contribution in [1.82, 2.24) is 15.0 Å². The summed E-state index contributed by atoms with van der Waals surface area (Å²) in [6.07, 6.45) is 0.924. The lowest BCUT2D eigenvalue weighted by atomic mass is 10.4. The highest BCUT2D eigenvalue weighted by atomic mass is 16.5. The number of anilines is 3. The number of hydrogen-bond donors (Lipinski definition) is 2. The van der Waals surface area contributed by atoms with Gasteiger partial charge in [-0.1, -0.05) is 0 Å². The third kappa shape index (κ3) is 5.69. The van der Waals surface area contributed by atoms with Gasteiger partial charge in [0.15, 0.2) is 0 Å². The Hall–Kier alpha value is -1.63. The molecule has 19 heavy (non-hydrogen) atoms. The van der Waals surface area contributed by atoms with E-state index in [0.29, 0.717) is 17.8 Å². The molecule has 0 unspecified atom stereocenters. The fourth-order valence-electron chi connectivity index (χ4n) is 1.40. The van der Waals surface area contributed by atoms with E-state index in [1.807, 2.05) is 32.8 Å². The van der Waals surface area contributed by atoms with Crippen LogP contribution in [0.2, 0.25) is 0 Å². The lowest BCUT2D eigenvalue weighted by molar-refractivity contribution is 0.147. The van der Waals surface area contributed by atoms with Crippen LogP contribution in [0.3, 0.4) is 0 Å².